The first-order chi connectivity index (χ1) is 16.0. The van der Waals surface area contributed by atoms with E-state index in [4.69, 9.17) is 4.74 Å². The fraction of sp³-hybridized carbons (Fsp3) is 0.360. The van der Waals surface area contributed by atoms with E-state index < -0.39 is 29.9 Å². The number of H-pyrrole nitrogens is 1. The van der Waals surface area contributed by atoms with Gasteiger partial charge in [-0.3, -0.25) is 14.6 Å². The smallest absolute Gasteiger partial charge is 0.329 e. The maximum atomic E-state index is 13.2. The first kappa shape index (κ1) is 22.5. The van der Waals surface area contributed by atoms with Crippen LogP contribution in [0.3, 0.4) is 0 Å². The van der Waals surface area contributed by atoms with E-state index in [-0.39, 0.29) is 5.91 Å². The lowest BCUT2D eigenvalue weighted by atomic mass is 9.96. The predicted octanol–water partition coefficient (Wildman–Crippen LogP) is 2.92. The third-order valence-electron chi connectivity index (χ3n) is 6.07. The number of ether oxygens (including phenoxy) is 1. The predicted molar refractivity (Wildman–Crippen MR) is 123 cm³/mol. The molecule has 0 saturated heterocycles. The van der Waals surface area contributed by atoms with E-state index in [0.29, 0.717) is 23.7 Å². The second-order valence-electron chi connectivity index (χ2n) is 8.53. The molecule has 1 aliphatic rings. The zero-order chi connectivity index (χ0) is 23.4. The number of nitrogens with zero attached hydrogens (tertiary/aromatic N) is 1. The minimum Gasteiger partial charge on any atom is -0.467 e. The summed E-state index contributed by atoms with van der Waals surface area (Å²) in [6, 6.07) is 13.1. The standard InChI is InChI=1S/C25H28N4O4/c1-15(18-8-5-6-12-26-18)22(25(32)33-2)29-24(31)20(13-16-10-11-16)28-23(30)21-14-17-7-3-4-9-19(17)27-21/h3-9,12,14-16,20,22,27H,10-11,13H2,1-2H3,(H,28,30)(H,29,31). The summed E-state index contributed by atoms with van der Waals surface area (Å²) in [6.07, 6.45) is 4.20. The summed E-state index contributed by atoms with van der Waals surface area (Å²) < 4.78 is 4.94. The summed E-state index contributed by atoms with van der Waals surface area (Å²) in [7, 11) is 1.28. The molecule has 172 valence electrons. The number of carbonyl (C=O) groups is 3. The fourth-order valence-corrected chi connectivity index (χ4v) is 3.94. The van der Waals surface area contributed by atoms with E-state index in [0.717, 1.165) is 23.7 Å². The van der Waals surface area contributed by atoms with Crippen molar-refractivity contribution in [2.45, 2.75) is 44.2 Å². The highest BCUT2D eigenvalue weighted by Crippen LogP contribution is 2.33. The summed E-state index contributed by atoms with van der Waals surface area (Å²) in [6.45, 7) is 1.81. The number of nitrogens with one attached hydrogen (secondary N) is 3. The van der Waals surface area contributed by atoms with Gasteiger partial charge in [0, 0.05) is 28.7 Å². The van der Waals surface area contributed by atoms with Crippen molar-refractivity contribution in [3.63, 3.8) is 0 Å². The molecule has 1 aliphatic carbocycles. The van der Waals surface area contributed by atoms with Crippen LogP contribution in [0.1, 0.15) is 48.3 Å². The average molecular weight is 449 g/mol. The van der Waals surface area contributed by atoms with Crippen LogP contribution in [0.2, 0.25) is 0 Å². The van der Waals surface area contributed by atoms with Gasteiger partial charge in [0.25, 0.3) is 5.91 Å². The fourth-order valence-electron chi connectivity index (χ4n) is 3.94. The zero-order valence-corrected chi connectivity index (χ0v) is 18.7. The topological polar surface area (TPSA) is 113 Å². The van der Waals surface area contributed by atoms with Crippen LogP contribution in [-0.4, -0.2) is 46.9 Å². The van der Waals surface area contributed by atoms with Crippen LogP contribution >= 0.6 is 0 Å². The molecule has 1 aromatic carbocycles. The van der Waals surface area contributed by atoms with Gasteiger partial charge in [-0.15, -0.1) is 0 Å². The molecule has 8 nitrogen and oxygen atoms in total. The molecule has 1 saturated carbocycles. The van der Waals surface area contributed by atoms with Gasteiger partial charge in [-0.1, -0.05) is 44.0 Å². The van der Waals surface area contributed by atoms with Gasteiger partial charge in [-0.2, -0.15) is 0 Å². The summed E-state index contributed by atoms with van der Waals surface area (Å²) >= 11 is 0. The average Bonchev–Trinajstić information content (AvgIpc) is 3.55. The number of para-hydroxylation sites is 1. The molecular weight excluding hydrogens is 420 g/mol. The van der Waals surface area contributed by atoms with Crippen LogP contribution in [-0.2, 0) is 14.3 Å². The van der Waals surface area contributed by atoms with Gasteiger partial charge in [-0.25, -0.2) is 4.79 Å². The van der Waals surface area contributed by atoms with E-state index in [1.807, 2.05) is 37.3 Å². The second kappa shape index (κ2) is 9.85. The summed E-state index contributed by atoms with van der Waals surface area (Å²) in [5, 5.41) is 6.58. The number of amides is 2. The van der Waals surface area contributed by atoms with Crippen LogP contribution in [0.5, 0.6) is 0 Å². The molecule has 33 heavy (non-hydrogen) atoms. The highest BCUT2D eigenvalue weighted by Gasteiger charge is 2.35. The van der Waals surface area contributed by atoms with Crippen LogP contribution < -0.4 is 10.6 Å². The molecule has 0 bridgehead atoms. The van der Waals surface area contributed by atoms with E-state index in [2.05, 4.69) is 20.6 Å². The van der Waals surface area contributed by atoms with Crippen molar-refractivity contribution in [1.82, 2.24) is 20.6 Å². The first-order valence-electron chi connectivity index (χ1n) is 11.1. The second-order valence-corrected chi connectivity index (χ2v) is 8.53. The van der Waals surface area contributed by atoms with Gasteiger partial charge in [0.05, 0.1) is 7.11 Å². The van der Waals surface area contributed by atoms with E-state index >= 15 is 0 Å². The Labute approximate surface area is 192 Å². The summed E-state index contributed by atoms with van der Waals surface area (Å²) in [5.41, 5.74) is 1.89. The van der Waals surface area contributed by atoms with Crippen molar-refractivity contribution in [1.29, 1.82) is 0 Å². The van der Waals surface area contributed by atoms with Crippen molar-refractivity contribution >= 4 is 28.7 Å². The van der Waals surface area contributed by atoms with Gasteiger partial charge >= 0.3 is 5.97 Å². The number of carbonyl (C=O) groups excluding carboxylic acids is 3. The molecule has 8 heteroatoms. The number of fused-ring (bicyclic) bond motifs is 1. The van der Waals surface area contributed by atoms with Crippen molar-refractivity contribution in [2.24, 2.45) is 5.92 Å². The Kier molecular flexibility index (Phi) is 6.72. The van der Waals surface area contributed by atoms with Crippen LogP contribution in [0.25, 0.3) is 10.9 Å². The number of methoxy groups -OCH3 is 1. The Morgan fingerprint density at radius 3 is 2.55 bits per heavy atom. The molecule has 3 aromatic rings. The van der Waals surface area contributed by atoms with Crippen molar-refractivity contribution in [3.8, 4) is 0 Å². The monoisotopic (exact) mass is 448 g/mol. The van der Waals surface area contributed by atoms with Crippen molar-refractivity contribution in [2.75, 3.05) is 7.11 Å². The molecule has 2 amide bonds. The molecule has 0 aliphatic heterocycles. The van der Waals surface area contributed by atoms with E-state index in [1.165, 1.54) is 7.11 Å². The maximum absolute atomic E-state index is 13.2. The highest BCUT2D eigenvalue weighted by atomic mass is 16.5. The Morgan fingerprint density at radius 1 is 1.12 bits per heavy atom. The van der Waals surface area contributed by atoms with Gasteiger partial charge < -0.3 is 20.4 Å². The molecule has 2 aromatic heterocycles. The minimum atomic E-state index is -0.927. The number of aromatic amines is 1. The van der Waals surface area contributed by atoms with Gasteiger partial charge in [0.15, 0.2) is 0 Å². The minimum absolute atomic E-state index is 0.362. The highest BCUT2D eigenvalue weighted by molar-refractivity contribution is 6.00. The normalized spacial score (nSPS) is 15.9. The SMILES string of the molecule is COC(=O)C(NC(=O)C(CC1CC1)NC(=O)c1cc2ccccc2[nH]1)C(C)c1ccccn1. The Morgan fingerprint density at radius 2 is 1.88 bits per heavy atom. The van der Waals surface area contributed by atoms with Crippen LogP contribution in [0.15, 0.2) is 54.7 Å². The third kappa shape index (κ3) is 5.39. The van der Waals surface area contributed by atoms with Crippen molar-refractivity contribution in [3.05, 3.63) is 66.1 Å². The molecule has 3 unspecified atom stereocenters. The van der Waals surface area contributed by atoms with Crippen molar-refractivity contribution < 1.29 is 19.1 Å². The summed E-state index contributed by atoms with van der Waals surface area (Å²) in [4.78, 5) is 46.1. The van der Waals surface area contributed by atoms with E-state index in [1.54, 1.807) is 24.4 Å². The van der Waals surface area contributed by atoms with Crippen LogP contribution in [0, 0.1) is 5.92 Å². The molecule has 0 spiro atoms. The molecule has 2 heterocycles. The first-order valence-corrected chi connectivity index (χ1v) is 11.1. The largest absolute Gasteiger partial charge is 0.467 e. The lowest BCUT2D eigenvalue weighted by Crippen LogP contribution is -2.53. The number of hydrogen-bond acceptors (Lipinski definition) is 5. The number of esters is 1. The number of aromatic nitrogens is 2. The molecular formula is C25H28N4O4. The van der Waals surface area contributed by atoms with Gasteiger partial charge in [0.1, 0.15) is 17.8 Å². The third-order valence-corrected chi connectivity index (χ3v) is 6.07. The van der Waals surface area contributed by atoms with E-state index in [9.17, 15) is 14.4 Å². The molecule has 0 radical (unpaired) electrons. The molecule has 3 atom stereocenters. The number of pyridine rings is 1. The molecule has 4 rings (SSSR count). The van der Waals surface area contributed by atoms with Crippen LogP contribution in [0.4, 0.5) is 0 Å². The number of rotatable bonds is 9. The summed E-state index contributed by atoms with van der Waals surface area (Å²) in [5.74, 6) is -1.36. The lowest BCUT2D eigenvalue weighted by molar-refractivity contribution is -0.146. The van der Waals surface area contributed by atoms with Gasteiger partial charge in [-0.05, 0) is 36.6 Å². The maximum Gasteiger partial charge on any atom is 0.329 e. The Balaban J connectivity index is 1.50. The Bertz CT molecular complexity index is 1110. The number of hydrogen-bond donors (Lipinski definition) is 3. The Hall–Kier alpha value is -3.68. The zero-order valence-electron chi connectivity index (χ0n) is 18.7. The number of benzene rings is 1. The lowest BCUT2D eigenvalue weighted by Gasteiger charge is -2.25. The molecule has 1 fully saturated rings. The molecule has 3 N–H and O–H groups in total. The van der Waals surface area contributed by atoms with Gasteiger partial charge in [0.2, 0.25) is 5.91 Å². The quantitative estimate of drug-likeness (QED) is 0.436.